The van der Waals surface area contributed by atoms with Crippen molar-refractivity contribution in [3.8, 4) is 6.07 Å². The maximum absolute atomic E-state index is 10.7. The molecule has 0 aromatic carbocycles. The van der Waals surface area contributed by atoms with Gasteiger partial charge in [-0.25, -0.2) is 14.5 Å². The van der Waals surface area contributed by atoms with Crippen molar-refractivity contribution in [3.05, 3.63) is 18.2 Å². The van der Waals surface area contributed by atoms with E-state index in [0.29, 0.717) is 0 Å². The molecule has 4 atom stereocenters. The molecule has 1 saturated heterocycles. The lowest BCUT2D eigenvalue weighted by molar-refractivity contribution is -0.109. The molecule has 0 aliphatic carbocycles. The number of nitrogen functional groups attached to an aromatic ring is 1. The van der Waals surface area contributed by atoms with E-state index in [0.717, 1.165) is 0 Å². The van der Waals surface area contributed by atoms with Gasteiger partial charge in [0.05, 0.1) is 12.8 Å². The van der Waals surface area contributed by atoms with E-state index in [-0.39, 0.29) is 17.2 Å². The number of aliphatic hydroxyl groups excluding tert-OH is 2. The summed E-state index contributed by atoms with van der Waals surface area (Å²) in [4.78, 5) is 7.81. The van der Waals surface area contributed by atoms with E-state index in [9.17, 15) is 20.6 Å². The summed E-state index contributed by atoms with van der Waals surface area (Å²) < 4.78 is 6.71. The normalized spacial score (nSPS) is 34.9. The van der Waals surface area contributed by atoms with Crippen LogP contribution >= 0.6 is 0 Å². The molecular weight excluding hydrogens is 292 g/mol. The Morgan fingerprint density at radius 1 is 1.55 bits per heavy atom. The quantitative estimate of drug-likeness (QED) is 0.488. The monoisotopic (exact) mass is 306 g/mol. The highest BCUT2D eigenvalue weighted by Gasteiger charge is 2.65. The van der Waals surface area contributed by atoms with Gasteiger partial charge in [0.15, 0.2) is 11.5 Å². The van der Waals surface area contributed by atoms with Crippen molar-refractivity contribution in [2.45, 2.75) is 30.3 Å². The third-order valence-corrected chi connectivity index (χ3v) is 4.00. The van der Waals surface area contributed by atoms with Gasteiger partial charge in [0.25, 0.3) is 0 Å². The molecule has 3 rings (SSSR count). The summed E-state index contributed by atoms with van der Waals surface area (Å²) in [5.41, 5.74) is 1.99. The van der Waals surface area contributed by atoms with Gasteiger partial charge in [0, 0.05) is 0 Å². The first kappa shape index (κ1) is 14.6. The molecule has 10 heteroatoms. The lowest BCUT2D eigenvalue weighted by Gasteiger charge is -2.32. The SMILES string of the molecule is C[C@@]1(O)[C@H](O)[C@@H](CO)O[C@@]1(C#N)c1cnc2c(N)ncnn12. The van der Waals surface area contributed by atoms with Crippen LogP contribution in [0.25, 0.3) is 5.65 Å². The Morgan fingerprint density at radius 2 is 2.27 bits per heavy atom. The van der Waals surface area contributed by atoms with Gasteiger partial charge in [0.1, 0.15) is 35.9 Å². The predicted molar refractivity (Wildman–Crippen MR) is 71.1 cm³/mol. The van der Waals surface area contributed by atoms with E-state index in [1.165, 1.54) is 24.0 Å². The number of nitriles is 1. The Morgan fingerprint density at radius 3 is 2.86 bits per heavy atom. The summed E-state index contributed by atoms with van der Waals surface area (Å²) in [6.07, 6.45) is -0.159. The number of hydrogen-bond donors (Lipinski definition) is 4. The fourth-order valence-electron chi connectivity index (χ4n) is 2.71. The average molecular weight is 306 g/mol. The first-order chi connectivity index (χ1) is 10.4. The number of hydrogen-bond acceptors (Lipinski definition) is 9. The fraction of sp³-hybridized carbons (Fsp3) is 0.500. The summed E-state index contributed by atoms with van der Waals surface area (Å²) in [5, 5.41) is 43.7. The number of ether oxygens (including phenoxy) is 1. The standard InChI is InChI=1S/C12H14N6O4/c1-11(21)8(20)6(3-19)22-12(11,4-13)7-2-15-10-9(14)16-5-17-18(7)10/h2,5-6,8,19-21H,3H2,1H3,(H2,14,16,17)/t6-,8-,11-,12+/m1/s1. The molecule has 0 spiro atoms. The Balaban J connectivity index is 2.27. The molecule has 3 heterocycles. The fourth-order valence-corrected chi connectivity index (χ4v) is 2.71. The minimum Gasteiger partial charge on any atom is -0.394 e. The molecule has 1 aliphatic heterocycles. The number of fused-ring (bicyclic) bond motifs is 1. The Kier molecular flexibility index (Phi) is 3.05. The van der Waals surface area contributed by atoms with E-state index in [1.54, 1.807) is 0 Å². The van der Waals surface area contributed by atoms with Crippen LogP contribution in [-0.2, 0) is 10.3 Å². The molecule has 22 heavy (non-hydrogen) atoms. The molecule has 0 amide bonds. The summed E-state index contributed by atoms with van der Waals surface area (Å²) in [6.45, 7) is 0.690. The van der Waals surface area contributed by atoms with Gasteiger partial charge in [0.2, 0.25) is 5.60 Å². The number of imidazole rings is 1. The molecular formula is C12H14N6O4. The predicted octanol–water partition coefficient (Wildman–Crippen LogP) is -2.07. The molecule has 2 aromatic heterocycles. The van der Waals surface area contributed by atoms with Gasteiger partial charge < -0.3 is 25.8 Å². The Hall–Kier alpha value is -2.32. The number of anilines is 1. The number of aromatic nitrogens is 4. The van der Waals surface area contributed by atoms with Gasteiger partial charge in [-0.3, -0.25) is 0 Å². The highest BCUT2D eigenvalue weighted by Crippen LogP contribution is 2.46. The molecule has 1 fully saturated rings. The van der Waals surface area contributed by atoms with Gasteiger partial charge in [-0.2, -0.15) is 10.4 Å². The first-order valence-electron chi connectivity index (χ1n) is 6.44. The number of rotatable bonds is 2. The Bertz CT molecular complexity index is 769. The maximum Gasteiger partial charge on any atom is 0.229 e. The highest BCUT2D eigenvalue weighted by atomic mass is 16.6. The zero-order valence-corrected chi connectivity index (χ0v) is 11.6. The van der Waals surface area contributed by atoms with Crippen LogP contribution < -0.4 is 5.73 Å². The van der Waals surface area contributed by atoms with Crippen LogP contribution in [-0.4, -0.2) is 59.3 Å². The van der Waals surface area contributed by atoms with E-state index in [2.05, 4.69) is 15.1 Å². The molecule has 10 nitrogen and oxygen atoms in total. The summed E-state index contributed by atoms with van der Waals surface area (Å²) in [6, 6.07) is 1.87. The lowest BCUT2D eigenvalue weighted by Crippen LogP contribution is -2.52. The van der Waals surface area contributed by atoms with Crippen LogP contribution in [0, 0.1) is 11.3 Å². The second-order valence-corrected chi connectivity index (χ2v) is 5.25. The second-order valence-electron chi connectivity index (χ2n) is 5.25. The zero-order chi connectivity index (χ0) is 16.1. The minimum atomic E-state index is -2.00. The zero-order valence-electron chi connectivity index (χ0n) is 11.6. The summed E-state index contributed by atoms with van der Waals surface area (Å²) >= 11 is 0. The maximum atomic E-state index is 10.7. The molecule has 0 saturated carbocycles. The third kappa shape index (κ3) is 1.59. The van der Waals surface area contributed by atoms with Crippen molar-refractivity contribution >= 4 is 11.5 Å². The van der Waals surface area contributed by atoms with Crippen LogP contribution in [0.3, 0.4) is 0 Å². The number of nitrogens with zero attached hydrogens (tertiary/aromatic N) is 5. The van der Waals surface area contributed by atoms with Crippen molar-refractivity contribution in [3.63, 3.8) is 0 Å². The van der Waals surface area contributed by atoms with E-state index < -0.39 is 30.0 Å². The average Bonchev–Trinajstić information content (AvgIpc) is 3.01. The molecule has 0 radical (unpaired) electrons. The largest absolute Gasteiger partial charge is 0.394 e. The molecule has 0 bridgehead atoms. The van der Waals surface area contributed by atoms with E-state index in [4.69, 9.17) is 10.5 Å². The van der Waals surface area contributed by atoms with Crippen LogP contribution in [0.2, 0.25) is 0 Å². The molecule has 2 aromatic rings. The smallest absolute Gasteiger partial charge is 0.229 e. The molecule has 1 aliphatic rings. The van der Waals surface area contributed by atoms with E-state index >= 15 is 0 Å². The number of aliphatic hydroxyl groups is 3. The summed E-state index contributed by atoms with van der Waals surface area (Å²) in [5.74, 6) is 0.0891. The van der Waals surface area contributed by atoms with Gasteiger partial charge in [-0.05, 0) is 6.92 Å². The molecule has 0 unspecified atom stereocenters. The van der Waals surface area contributed by atoms with Crippen molar-refractivity contribution in [2.24, 2.45) is 0 Å². The number of nitrogens with two attached hydrogens (primary N) is 1. The van der Waals surface area contributed by atoms with E-state index in [1.807, 2.05) is 6.07 Å². The second kappa shape index (κ2) is 4.59. The first-order valence-corrected chi connectivity index (χ1v) is 6.44. The topological polar surface area (TPSA) is 163 Å². The van der Waals surface area contributed by atoms with Crippen LogP contribution in [0.5, 0.6) is 0 Å². The van der Waals surface area contributed by atoms with Crippen molar-refractivity contribution in [1.29, 1.82) is 5.26 Å². The van der Waals surface area contributed by atoms with Crippen LogP contribution in [0.15, 0.2) is 12.5 Å². The van der Waals surface area contributed by atoms with Crippen LogP contribution in [0.4, 0.5) is 5.82 Å². The van der Waals surface area contributed by atoms with Crippen molar-refractivity contribution in [2.75, 3.05) is 12.3 Å². The van der Waals surface area contributed by atoms with Gasteiger partial charge in [-0.15, -0.1) is 0 Å². The molecule has 5 N–H and O–H groups in total. The summed E-state index contributed by atoms with van der Waals surface area (Å²) in [7, 11) is 0. The highest BCUT2D eigenvalue weighted by molar-refractivity contribution is 5.59. The minimum absolute atomic E-state index is 0.0825. The van der Waals surface area contributed by atoms with Crippen molar-refractivity contribution < 1.29 is 20.1 Å². The Labute approximate surface area is 124 Å². The van der Waals surface area contributed by atoms with Crippen LogP contribution in [0.1, 0.15) is 12.6 Å². The van der Waals surface area contributed by atoms with Gasteiger partial charge >= 0.3 is 0 Å². The van der Waals surface area contributed by atoms with Gasteiger partial charge in [-0.1, -0.05) is 0 Å². The molecule has 116 valence electrons. The third-order valence-electron chi connectivity index (χ3n) is 4.00. The lowest BCUT2D eigenvalue weighted by atomic mass is 9.80. The van der Waals surface area contributed by atoms with Crippen molar-refractivity contribution in [1.82, 2.24) is 19.6 Å².